The normalized spacial score (nSPS) is 11.2. The molecule has 0 fully saturated rings. The molecule has 0 spiro atoms. The second kappa shape index (κ2) is 5.86. The Hall–Kier alpha value is -2.85. The second-order valence-corrected chi connectivity index (χ2v) is 4.37. The van der Waals surface area contributed by atoms with E-state index >= 15 is 0 Å². The lowest BCUT2D eigenvalue weighted by Gasteiger charge is -2.16. The molecule has 2 aromatic carbocycles. The second-order valence-electron chi connectivity index (χ2n) is 4.37. The number of nitriles is 2. The van der Waals surface area contributed by atoms with E-state index in [2.05, 4.69) is 5.32 Å². The van der Waals surface area contributed by atoms with E-state index in [9.17, 15) is 4.39 Å². The molecule has 1 unspecified atom stereocenters. The lowest BCUT2D eigenvalue weighted by molar-refractivity contribution is 0.600. The van der Waals surface area contributed by atoms with Crippen LogP contribution in [0.4, 0.5) is 10.1 Å². The summed E-state index contributed by atoms with van der Waals surface area (Å²) in [6.07, 6.45) is 0. The van der Waals surface area contributed by atoms with Gasteiger partial charge in [-0.25, -0.2) is 4.39 Å². The third-order valence-electron chi connectivity index (χ3n) is 3.02. The molecule has 20 heavy (non-hydrogen) atoms. The quantitative estimate of drug-likeness (QED) is 0.919. The molecular formula is C16H12FN3. The van der Waals surface area contributed by atoms with Gasteiger partial charge in [-0.15, -0.1) is 0 Å². The molecule has 4 heteroatoms. The fraction of sp³-hybridized carbons (Fsp3) is 0.125. The fourth-order valence-electron chi connectivity index (χ4n) is 1.98. The van der Waals surface area contributed by atoms with Gasteiger partial charge in [-0.3, -0.25) is 0 Å². The average Bonchev–Trinajstić information content (AvgIpc) is 2.47. The molecule has 0 aromatic heterocycles. The van der Waals surface area contributed by atoms with Gasteiger partial charge in [0, 0.05) is 11.3 Å². The summed E-state index contributed by atoms with van der Waals surface area (Å²) in [5.74, 6) is -0.276. The first-order valence-electron chi connectivity index (χ1n) is 6.11. The van der Waals surface area contributed by atoms with Crippen LogP contribution in [-0.2, 0) is 0 Å². The first-order chi connectivity index (χ1) is 9.65. The first kappa shape index (κ1) is 13.6. The molecular weight excluding hydrogens is 253 g/mol. The SMILES string of the molecule is CC(Nc1ccc(C#N)c(C#N)c1)c1ccccc1F. The van der Waals surface area contributed by atoms with Gasteiger partial charge in [0.05, 0.1) is 17.2 Å². The number of rotatable bonds is 3. The predicted molar refractivity (Wildman–Crippen MR) is 74.3 cm³/mol. The minimum Gasteiger partial charge on any atom is -0.378 e. The van der Waals surface area contributed by atoms with Gasteiger partial charge >= 0.3 is 0 Å². The van der Waals surface area contributed by atoms with E-state index < -0.39 is 0 Å². The summed E-state index contributed by atoms with van der Waals surface area (Å²) in [6.45, 7) is 1.84. The maximum Gasteiger partial charge on any atom is 0.128 e. The van der Waals surface area contributed by atoms with Gasteiger partial charge in [0.2, 0.25) is 0 Å². The van der Waals surface area contributed by atoms with E-state index in [1.165, 1.54) is 6.07 Å². The van der Waals surface area contributed by atoms with E-state index in [1.54, 1.807) is 36.4 Å². The largest absolute Gasteiger partial charge is 0.378 e. The smallest absolute Gasteiger partial charge is 0.128 e. The highest BCUT2D eigenvalue weighted by atomic mass is 19.1. The maximum atomic E-state index is 13.7. The van der Waals surface area contributed by atoms with Crippen LogP contribution >= 0.6 is 0 Å². The number of hydrogen-bond acceptors (Lipinski definition) is 3. The van der Waals surface area contributed by atoms with Crippen LogP contribution in [0.2, 0.25) is 0 Å². The van der Waals surface area contributed by atoms with Crippen molar-refractivity contribution < 1.29 is 4.39 Å². The van der Waals surface area contributed by atoms with Gasteiger partial charge in [0.15, 0.2) is 0 Å². The number of anilines is 1. The number of nitrogens with zero attached hydrogens (tertiary/aromatic N) is 2. The van der Waals surface area contributed by atoms with Crippen molar-refractivity contribution in [2.45, 2.75) is 13.0 Å². The van der Waals surface area contributed by atoms with Gasteiger partial charge < -0.3 is 5.32 Å². The van der Waals surface area contributed by atoms with Gasteiger partial charge in [0.25, 0.3) is 0 Å². The van der Waals surface area contributed by atoms with Crippen LogP contribution in [0.1, 0.15) is 29.7 Å². The third kappa shape index (κ3) is 2.76. The average molecular weight is 265 g/mol. The van der Waals surface area contributed by atoms with Gasteiger partial charge in [-0.2, -0.15) is 10.5 Å². The van der Waals surface area contributed by atoms with Crippen LogP contribution in [-0.4, -0.2) is 0 Å². The topological polar surface area (TPSA) is 59.6 Å². The Balaban J connectivity index is 2.25. The zero-order chi connectivity index (χ0) is 14.5. The Morgan fingerprint density at radius 2 is 1.75 bits per heavy atom. The highest BCUT2D eigenvalue weighted by Gasteiger charge is 2.11. The Morgan fingerprint density at radius 1 is 1.05 bits per heavy atom. The van der Waals surface area contributed by atoms with Gasteiger partial charge in [-0.05, 0) is 31.2 Å². The van der Waals surface area contributed by atoms with Crippen LogP contribution in [0, 0.1) is 28.5 Å². The molecule has 0 saturated heterocycles. The van der Waals surface area contributed by atoms with Crippen LogP contribution in [0.5, 0.6) is 0 Å². The van der Waals surface area contributed by atoms with Gasteiger partial charge in [0.1, 0.15) is 18.0 Å². The highest BCUT2D eigenvalue weighted by molar-refractivity contribution is 5.57. The summed E-state index contributed by atoms with van der Waals surface area (Å²) < 4.78 is 13.7. The van der Waals surface area contributed by atoms with Crippen molar-refractivity contribution in [1.29, 1.82) is 10.5 Å². The molecule has 0 saturated carbocycles. The van der Waals surface area contributed by atoms with Crippen LogP contribution in [0.15, 0.2) is 42.5 Å². The molecule has 0 bridgehead atoms. The zero-order valence-corrected chi connectivity index (χ0v) is 10.9. The number of nitrogens with one attached hydrogen (secondary N) is 1. The highest BCUT2D eigenvalue weighted by Crippen LogP contribution is 2.23. The summed E-state index contributed by atoms with van der Waals surface area (Å²) in [5.41, 5.74) is 1.86. The number of hydrogen-bond donors (Lipinski definition) is 1. The third-order valence-corrected chi connectivity index (χ3v) is 3.02. The Morgan fingerprint density at radius 3 is 2.40 bits per heavy atom. The lowest BCUT2D eigenvalue weighted by Crippen LogP contribution is -2.08. The van der Waals surface area contributed by atoms with Crippen LogP contribution in [0.25, 0.3) is 0 Å². The predicted octanol–water partition coefficient (Wildman–Crippen LogP) is 3.74. The Labute approximate surface area is 116 Å². The van der Waals surface area contributed by atoms with Crippen molar-refractivity contribution in [2.75, 3.05) is 5.32 Å². The zero-order valence-electron chi connectivity index (χ0n) is 10.9. The molecule has 0 aliphatic heterocycles. The van der Waals surface area contributed by atoms with E-state index in [0.29, 0.717) is 22.4 Å². The van der Waals surface area contributed by atoms with E-state index in [0.717, 1.165) is 0 Å². The Kier molecular flexibility index (Phi) is 3.98. The summed E-state index contributed by atoms with van der Waals surface area (Å²) in [6, 6.07) is 15.1. The maximum absolute atomic E-state index is 13.7. The summed E-state index contributed by atoms with van der Waals surface area (Å²) in [7, 11) is 0. The molecule has 0 amide bonds. The van der Waals surface area contributed by atoms with E-state index in [4.69, 9.17) is 10.5 Å². The summed E-state index contributed by atoms with van der Waals surface area (Å²) in [5, 5.41) is 21.0. The van der Waals surface area contributed by atoms with E-state index in [1.807, 2.05) is 19.1 Å². The lowest BCUT2D eigenvalue weighted by atomic mass is 10.1. The van der Waals surface area contributed by atoms with Crippen molar-refractivity contribution >= 4 is 5.69 Å². The molecule has 0 aliphatic carbocycles. The van der Waals surface area contributed by atoms with Crippen molar-refractivity contribution in [3.8, 4) is 12.1 Å². The molecule has 0 aliphatic rings. The fourth-order valence-corrected chi connectivity index (χ4v) is 1.98. The van der Waals surface area contributed by atoms with Crippen molar-refractivity contribution in [3.63, 3.8) is 0 Å². The molecule has 1 atom stereocenters. The number of benzene rings is 2. The molecule has 3 nitrogen and oxygen atoms in total. The molecule has 0 radical (unpaired) electrons. The molecule has 2 rings (SSSR count). The monoisotopic (exact) mass is 265 g/mol. The molecule has 0 heterocycles. The van der Waals surface area contributed by atoms with Crippen LogP contribution < -0.4 is 5.32 Å². The van der Waals surface area contributed by atoms with Crippen molar-refractivity contribution in [3.05, 3.63) is 65.0 Å². The first-order valence-corrected chi connectivity index (χ1v) is 6.11. The number of halogens is 1. The van der Waals surface area contributed by atoms with Crippen molar-refractivity contribution in [2.24, 2.45) is 0 Å². The van der Waals surface area contributed by atoms with Crippen molar-refractivity contribution in [1.82, 2.24) is 0 Å². The van der Waals surface area contributed by atoms with Crippen LogP contribution in [0.3, 0.4) is 0 Å². The Bertz CT molecular complexity index is 710. The minimum atomic E-state index is -0.276. The molecule has 2 aromatic rings. The molecule has 1 N–H and O–H groups in total. The summed E-state index contributed by atoms with van der Waals surface area (Å²) in [4.78, 5) is 0. The van der Waals surface area contributed by atoms with E-state index in [-0.39, 0.29) is 11.9 Å². The standard InChI is InChI=1S/C16H12FN3/c1-11(15-4-2-3-5-16(15)17)20-14-7-6-12(9-18)13(8-14)10-19/h2-8,11,20H,1H3. The van der Waals surface area contributed by atoms with Gasteiger partial charge in [-0.1, -0.05) is 18.2 Å². The summed E-state index contributed by atoms with van der Waals surface area (Å²) >= 11 is 0. The molecule has 98 valence electrons. The minimum absolute atomic E-state index is 0.240.